The van der Waals surface area contributed by atoms with E-state index in [4.69, 9.17) is 11.6 Å². The van der Waals surface area contributed by atoms with Gasteiger partial charge in [-0.05, 0) is 36.1 Å². The zero-order valence-corrected chi connectivity index (χ0v) is 11.1. The van der Waals surface area contributed by atoms with Crippen LogP contribution in [0.1, 0.15) is 23.4 Å². The summed E-state index contributed by atoms with van der Waals surface area (Å²) in [7, 11) is 0. The van der Waals surface area contributed by atoms with Crippen LogP contribution in [0, 0.1) is 0 Å². The second-order valence-electron chi connectivity index (χ2n) is 3.90. The molecule has 0 amide bonds. The molecule has 2 aromatic rings. The third-order valence-corrected chi connectivity index (χ3v) is 3.95. The zero-order valence-electron chi connectivity index (χ0n) is 9.48. The molecule has 1 atom stereocenters. The molecule has 1 aromatic heterocycles. The normalized spacial score (nSPS) is 12.6. The molecule has 2 nitrogen and oxygen atoms in total. The van der Waals surface area contributed by atoms with E-state index in [0.29, 0.717) is 11.1 Å². The van der Waals surface area contributed by atoms with Crippen LogP contribution in [0.2, 0.25) is 5.02 Å². The number of hydrogen-bond acceptors (Lipinski definition) is 3. The Balaban J connectivity index is 1.96. The van der Waals surface area contributed by atoms with E-state index in [-0.39, 0.29) is 5.75 Å². The number of phenols is 1. The molecule has 17 heavy (non-hydrogen) atoms. The summed E-state index contributed by atoms with van der Waals surface area (Å²) >= 11 is 7.60. The quantitative estimate of drug-likeness (QED) is 0.879. The van der Waals surface area contributed by atoms with Gasteiger partial charge in [-0.1, -0.05) is 23.7 Å². The molecule has 0 aliphatic rings. The molecule has 1 heterocycles. The predicted octanol–water partition coefficient (Wildman–Crippen LogP) is 3.96. The molecule has 0 spiro atoms. The first-order valence-corrected chi connectivity index (χ1v) is 6.67. The number of hydrogen-bond donors (Lipinski definition) is 2. The Hall–Kier alpha value is -1.03. The number of rotatable bonds is 4. The second kappa shape index (κ2) is 5.54. The second-order valence-corrected chi connectivity index (χ2v) is 5.29. The van der Waals surface area contributed by atoms with Crippen LogP contribution in [-0.4, -0.2) is 5.11 Å². The highest BCUT2D eigenvalue weighted by Gasteiger charge is 2.06. The molecule has 90 valence electrons. The number of nitrogens with one attached hydrogen (secondary N) is 1. The summed E-state index contributed by atoms with van der Waals surface area (Å²) < 4.78 is 0. The number of aromatic hydroxyl groups is 1. The highest BCUT2D eigenvalue weighted by molar-refractivity contribution is 7.10. The van der Waals surface area contributed by atoms with Gasteiger partial charge in [-0.25, -0.2) is 0 Å². The maximum Gasteiger partial charge on any atom is 0.134 e. The number of phenolic OH excluding ortho intramolecular Hbond substituents is 1. The van der Waals surface area contributed by atoms with Gasteiger partial charge in [-0.2, -0.15) is 0 Å². The van der Waals surface area contributed by atoms with Crippen LogP contribution in [0.3, 0.4) is 0 Å². The summed E-state index contributed by atoms with van der Waals surface area (Å²) in [5, 5.41) is 15.2. The van der Waals surface area contributed by atoms with E-state index in [1.165, 1.54) is 4.88 Å². The van der Waals surface area contributed by atoms with E-state index in [1.54, 1.807) is 23.5 Å². The first-order chi connectivity index (χ1) is 8.16. The van der Waals surface area contributed by atoms with Crippen molar-refractivity contribution in [2.75, 3.05) is 0 Å². The first kappa shape index (κ1) is 12.4. The third kappa shape index (κ3) is 3.22. The van der Waals surface area contributed by atoms with Gasteiger partial charge >= 0.3 is 0 Å². The fraction of sp³-hybridized carbons (Fsp3) is 0.231. The fourth-order valence-electron chi connectivity index (χ4n) is 1.57. The molecule has 4 heteroatoms. The summed E-state index contributed by atoms with van der Waals surface area (Å²) in [5.41, 5.74) is 1.07. The Morgan fingerprint density at radius 3 is 2.88 bits per heavy atom. The van der Waals surface area contributed by atoms with E-state index in [9.17, 15) is 5.11 Å². The molecule has 0 saturated heterocycles. The van der Waals surface area contributed by atoms with Crippen LogP contribution >= 0.6 is 22.9 Å². The summed E-state index contributed by atoms with van der Waals surface area (Å²) in [6.07, 6.45) is 0. The molecule has 2 rings (SSSR count). The maximum atomic E-state index is 9.32. The minimum absolute atomic E-state index is 0.127. The van der Waals surface area contributed by atoms with Gasteiger partial charge < -0.3 is 10.4 Å². The lowest BCUT2D eigenvalue weighted by molar-refractivity contribution is 0.475. The Morgan fingerprint density at radius 2 is 2.24 bits per heavy atom. The van der Waals surface area contributed by atoms with Gasteiger partial charge in [0.15, 0.2) is 0 Å². The minimum Gasteiger partial charge on any atom is -0.506 e. The van der Waals surface area contributed by atoms with Crippen LogP contribution in [0.4, 0.5) is 0 Å². The van der Waals surface area contributed by atoms with Gasteiger partial charge in [-0.15, -0.1) is 11.3 Å². The Kier molecular flexibility index (Phi) is 4.05. The summed E-state index contributed by atoms with van der Waals surface area (Å²) in [6.45, 7) is 2.87. The van der Waals surface area contributed by atoms with E-state index >= 15 is 0 Å². The topological polar surface area (TPSA) is 32.3 Å². The van der Waals surface area contributed by atoms with Crippen LogP contribution < -0.4 is 5.32 Å². The van der Waals surface area contributed by atoms with Gasteiger partial charge in [0.05, 0.1) is 5.02 Å². The van der Waals surface area contributed by atoms with Gasteiger partial charge in [0.1, 0.15) is 5.75 Å². The summed E-state index contributed by atoms with van der Waals surface area (Å²) in [5.74, 6) is 0.127. The molecule has 0 saturated carbocycles. The molecule has 0 aliphatic heterocycles. The van der Waals surface area contributed by atoms with Crippen molar-refractivity contribution in [3.8, 4) is 5.75 Å². The van der Waals surface area contributed by atoms with Gasteiger partial charge in [-0.3, -0.25) is 0 Å². The smallest absolute Gasteiger partial charge is 0.134 e. The average molecular weight is 268 g/mol. The lowest BCUT2D eigenvalue weighted by Gasteiger charge is -2.12. The standard InChI is InChI=1S/C13H14ClNOS/c1-9(13-3-2-6-17-13)15-8-10-4-5-12(16)11(14)7-10/h2-7,9,15-16H,8H2,1H3/t9-/m0/s1. The number of benzene rings is 1. The Morgan fingerprint density at radius 1 is 1.41 bits per heavy atom. The molecular weight excluding hydrogens is 254 g/mol. The van der Waals surface area contributed by atoms with E-state index < -0.39 is 0 Å². The molecule has 0 radical (unpaired) electrons. The van der Waals surface area contributed by atoms with E-state index in [2.05, 4.69) is 29.8 Å². The lowest BCUT2D eigenvalue weighted by atomic mass is 10.2. The summed E-state index contributed by atoms with van der Waals surface area (Å²) in [4.78, 5) is 1.31. The minimum atomic E-state index is 0.127. The number of halogens is 1. The molecule has 2 N–H and O–H groups in total. The average Bonchev–Trinajstić information content (AvgIpc) is 2.84. The predicted molar refractivity (Wildman–Crippen MR) is 72.7 cm³/mol. The van der Waals surface area contributed by atoms with E-state index in [0.717, 1.165) is 12.1 Å². The monoisotopic (exact) mass is 267 g/mol. The fourth-order valence-corrected chi connectivity index (χ4v) is 2.53. The van der Waals surface area contributed by atoms with Gasteiger partial charge in [0, 0.05) is 17.5 Å². The van der Waals surface area contributed by atoms with Crippen molar-refractivity contribution in [3.05, 3.63) is 51.2 Å². The van der Waals surface area contributed by atoms with Crippen LogP contribution in [0.5, 0.6) is 5.75 Å². The largest absolute Gasteiger partial charge is 0.506 e. The molecule has 1 aromatic carbocycles. The Bertz CT molecular complexity index is 484. The van der Waals surface area contributed by atoms with Crippen molar-refractivity contribution in [3.63, 3.8) is 0 Å². The van der Waals surface area contributed by atoms with Crippen LogP contribution in [0.25, 0.3) is 0 Å². The zero-order chi connectivity index (χ0) is 12.3. The molecule has 0 fully saturated rings. The lowest BCUT2D eigenvalue weighted by Crippen LogP contribution is -2.17. The molecule has 0 bridgehead atoms. The van der Waals surface area contributed by atoms with Crippen molar-refractivity contribution in [1.82, 2.24) is 5.32 Å². The van der Waals surface area contributed by atoms with Gasteiger partial charge in [0.2, 0.25) is 0 Å². The maximum absolute atomic E-state index is 9.32. The summed E-state index contributed by atoms with van der Waals surface area (Å²) in [6, 6.07) is 9.76. The SMILES string of the molecule is C[C@H](NCc1ccc(O)c(Cl)c1)c1cccs1. The van der Waals surface area contributed by atoms with Crippen molar-refractivity contribution in [2.45, 2.75) is 19.5 Å². The van der Waals surface area contributed by atoms with Crippen molar-refractivity contribution >= 4 is 22.9 Å². The van der Waals surface area contributed by atoms with Crippen molar-refractivity contribution < 1.29 is 5.11 Å². The molecule has 0 unspecified atom stereocenters. The molecule has 0 aliphatic carbocycles. The highest BCUT2D eigenvalue weighted by atomic mass is 35.5. The van der Waals surface area contributed by atoms with Crippen LogP contribution in [-0.2, 0) is 6.54 Å². The first-order valence-electron chi connectivity index (χ1n) is 5.41. The molecular formula is C13H14ClNOS. The van der Waals surface area contributed by atoms with Crippen molar-refractivity contribution in [2.24, 2.45) is 0 Å². The number of thiophene rings is 1. The van der Waals surface area contributed by atoms with Gasteiger partial charge in [0.25, 0.3) is 0 Å². The third-order valence-electron chi connectivity index (χ3n) is 2.59. The van der Waals surface area contributed by atoms with Crippen LogP contribution in [0.15, 0.2) is 35.7 Å². The highest BCUT2D eigenvalue weighted by Crippen LogP contribution is 2.24. The van der Waals surface area contributed by atoms with Crippen molar-refractivity contribution in [1.29, 1.82) is 0 Å². The Labute approximate surface area is 110 Å². The van der Waals surface area contributed by atoms with E-state index in [1.807, 2.05) is 6.07 Å².